The minimum absolute atomic E-state index is 0.00755. The molecule has 106 valence electrons. The van der Waals surface area contributed by atoms with E-state index in [4.69, 9.17) is 11.6 Å². The van der Waals surface area contributed by atoms with E-state index in [1.165, 1.54) is 16.4 Å². The highest BCUT2D eigenvalue weighted by Gasteiger charge is 2.37. The van der Waals surface area contributed by atoms with E-state index in [0.29, 0.717) is 6.42 Å². The molecule has 1 saturated heterocycles. The SMILES string of the molecule is CS(=O)(=O)C1CCN(S(=O)(=O)c2ccccc2Cl)C1. The molecule has 1 aliphatic rings. The van der Waals surface area contributed by atoms with Crippen molar-refractivity contribution in [3.8, 4) is 0 Å². The van der Waals surface area contributed by atoms with Crippen LogP contribution in [0.2, 0.25) is 5.02 Å². The van der Waals surface area contributed by atoms with Gasteiger partial charge in [0.2, 0.25) is 10.0 Å². The number of hydrogen-bond acceptors (Lipinski definition) is 4. The summed E-state index contributed by atoms with van der Waals surface area (Å²) in [5, 5.41) is -0.491. The van der Waals surface area contributed by atoms with Gasteiger partial charge in [-0.15, -0.1) is 0 Å². The molecule has 0 aromatic heterocycles. The lowest BCUT2D eigenvalue weighted by Gasteiger charge is -2.17. The first-order chi connectivity index (χ1) is 8.73. The summed E-state index contributed by atoms with van der Waals surface area (Å²) in [5.74, 6) is 0. The second-order valence-corrected chi connectivity index (χ2v) is 9.17. The van der Waals surface area contributed by atoms with E-state index in [-0.39, 0.29) is 23.0 Å². The van der Waals surface area contributed by atoms with Crippen molar-refractivity contribution >= 4 is 31.5 Å². The highest BCUT2D eigenvalue weighted by atomic mass is 35.5. The predicted octanol–water partition coefficient (Wildman–Crippen LogP) is 1.15. The maximum absolute atomic E-state index is 12.4. The van der Waals surface area contributed by atoms with Crippen molar-refractivity contribution in [2.24, 2.45) is 0 Å². The maximum Gasteiger partial charge on any atom is 0.244 e. The molecule has 19 heavy (non-hydrogen) atoms. The van der Waals surface area contributed by atoms with Crippen molar-refractivity contribution in [1.82, 2.24) is 4.31 Å². The molecular weight excluding hydrogens is 310 g/mol. The first-order valence-corrected chi connectivity index (χ1v) is 9.44. The molecule has 1 aromatic rings. The molecule has 1 aromatic carbocycles. The van der Waals surface area contributed by atoms with Gasteiger partial charge in [0.25, 0.3) is 0 Å². The zero-order valence-corrected chi connectivity index (χ0v) is 12.7. The summed E-state index contributed by atoms with van der Waals surface area (Å²) in [4.78, 5) is 0.0193. The molecule has 1 aliphatic heterocycles. The van der Waals surface area contributed by atoms with Crippen LogP contribution in [0, 0.1) is 0 Å². The van der Waals surface area contributed by atoms with Crippen molar-refractivity contribution in [3.05, 3.63) is 29.3 Å². The Bertz CT molecular complexity index is 684. The third-order valence-corrected chi connectivity index (χ3v) is 7.13. The van der Waals surface area contributed by atoms with Crippen molar-refractivity contribution in [2.45, 2.75) is 16.6 Å². The van der Waals surface area contributed by atoms with Gasteiger partial charge in [0, 0.05) is 19.3 Å². The summed E-state index contributed by atoms with van der Waals surface area (Å²) in [7, 11) is -6.95. The minimum atomic E-state index is -3.73. The lowest BCUT2D eigenvalue weighted by atomic mass is 10.4. The molecule has 2 rings (SSSR count). The van der Waals surface area contributed by atoms with Crippen LogP contribution in [0.1, 0.15) is 6.42 Å². The van der Waals surface area contributed by atoms with Crippen LogP contribution in [0.5, 0.6) is 0 Å². The topological polar surface area (TPSA) is 71.5 Å². The molecule has 0 bridgehead atoms. The summed E-state index contributed by atoms with van der Waals surface area (Å²) in [5.41, 5.74) is 0. The summed E-state index contributed by atoms with van der Waals surface area (Å²) in [6.07, 6.45) is 1.45. The quantitative estimate of drug-likeness (QED) is 0.836. The molecule has 0 saturated carbocycles. The van der Waals surface area contributed by atoms with Gasteiger partial charge >= 0.3 is 0 Å². The number of hydrogen-bond donors (Lipinski definition) is 0. The van der Waals surface area contributed by atoms with Crippen LogP contribution in [-0.4, -0.2) is 45.7 Å². The average molecular weight is 324 g/mol. The van der Waals surface area contributed by atoms with Gasteiger partial charge in [0.1, 0.15) is 4.90 Å². The lowest BCUT2D eigenvalue weighted by molar-refractivity contribution is 0.477. The Balaban J connectivity index is 2.31. The van der Waals surface area contributed by atoms with Crippen LogP contribution in [-0.2, 0) is 19.9 Å². The number of rotatable bonds is 3. The van der Waals surface area contributed by atoms with Crippen molar-refractivity contribution in [3.63, 3.8) is 0 Å². The molecule has 1 unspecified atom stereocenters. The Labute approximate surface area is 118 Å². The average Bonchev–Trinajstić information content (AvgIpc) is 2.78. The molecular formula is C11H14ClNO4S2. The van der Waals surface area contributed by atoms with E-state index in [9.17, 15) is 16.8 Å². The van der Waals surface area contributed by atoms with Gasteiger partial charge in [0.05, 0.1) is 10.3 Å². The van der Waals surface area contributed by atoms with Crippen LogP contribution in [0.3, 0.4) is 0 Å². The number of sulfone groups is 1. The molecule has 5 nitrogen and oxygen atoms in total. The third-order valence-electron chi connectivity index (χ3n) is 3.17. The van der Waals surface area contributed by atoms with Gasteiger partial charge in [0.15, 0.2) is 9.84 Å². The fourth-order valence-corrected chi connectivity index (χ4v) is 5.13. The van der Waals surface area contributed by atoms with Crippen LogP contribution in [0.15, 0.2) is 29.2 Å². The van der Waals surface area contributed by atoms with E-state index >= 15 is 0 Å². The van der Waals surface area contributed by atoms with E-state index in [1.54, 1.807) is 12.1 Å². The second kappa shape index (κ2) is 5.05. The molecule has 0 N–H and O–H groups in total. The first-order valence-electron chi connectivity index (χ1n) is 5.66. The minimum Gasteiger partial charge on any atom is -0.229 e. The molecule has 8 heteroatoms. The Kier molecular flexibility index (Phi) is 3.92. The molecule has 1 heterocycles. The van der Waals surface area contributed by atoms with E-state index in [2.05, 4.69) is 0 Å². The fourth-order valence-electron chi connectivity index (χ4n) is 2.06. The number of halogens is 1. The first kappa shape index (κ1) is 14.8. The summed E-state index contributed by atoms with van der Waals surface area (Å²) < 4.78 is 48.9. The van der Waals surface area contributed by atoms with E-state index in [1.807, 2.05) is 0 Å². The Morgan fingerprint density at radius 3 is 2.37 bits per heavy atom. The zero-order chi connectivity index (χ0) is 14.3. The molecule has 1 fully saturated rings. The number of benzene rings is 1. The fraction of sp³-hybridized carbons (Fsp3) is 0.455. The number of sulfonamides is 1. The normalized spacial score (nSPS) is 21.7. The third kappa shape index (κ3) is 2.94. The van der Waals surface area contributed by atoms with E-state index < -0.39 is 25.1 Å². The molecule has 0 aliphatic carbocycles. The summed E-state index contributed by atoms with van der Waals surface area (Å²) >= 11 is 5.89. The largest absolute Gasteiger partial charge is 0.244 e. The van der Waals surface area contributed by atoms with Gasteiger partial charge in [-0.05, 0) is 18.6 Å². The molecule has 1 atom stereocenters. The van der Waals surface area contributed by atoms with E-state index in [0.717, 1.165) is 6.26 Å². The molecule has 0 radical (unpaired) electrons. The van der Waals surface area contributed by atoms with Crippen LogP contribution >= 0.6 is 11.6 Å². The monoisotopic (exact) mass is 323 g/mol. The van der Waals surface area contributed by atoms with Gasteiger partial charge in [-0.25, -0.2) is 16.8 Å². The summed E-state index contributed by atoms with van der Waals surface area (Å²) in [6.45, 7) is 0.192. The summed E-state index contributed by atoms with van der Waals surface area (Å²) in [6, 6.07) is 6.15. The van der Waals surface area contributed by atoms with Crippen LogP contribution in [0.25, 0.3) is 0 Å². The highest BCUT2D eigenvalue weighted by Crippen LogP contribution is 2.28. The lowest BCUT2D eigenvalue weighted by Crippen LogP contribution is -2.31. The Morgan fingerprint density at radius 2 is 1.84 bits per heavy atom. The Hall–Kier alpha value is -0.630. The van der Waals surface area contributed by atoms with Crippen LogP contribution in [0.4, 0.5) is 0 Å². The van der Waals surface area contributed by atoms with Crippen molar-refractivity contribution in [2.75, 3.05) is 19.3 Å². The molecule has 0 spiro atoms. The van der Waals surface area contributed by atoms with Gasteiger partial charge in [-0.1, -0.05) is 23.7 Å². The molecule has 0 amide bonds. The van der Waals surface area contributed by atoms with Crippen molar-refractivity contribution in [1.29, 1.82) is 0 Å². The predicted molar refractivity (Wildman–Crippen MR) is 73.5 cm³/mol. The van der Waals surface area contributed by atoms with Gasteiger partial charge in [-0.3, -0.25) is 0 Å². The van der Waals surface area contributed by atoms with Crippen molar-refractivity contribution < 1.29 is 16.8 Å². The smallest absolute Gasteiger partial charge is 0.229 e. The number of nitrogens with zero attached hydrogens (tertiary/aromatic N) is 1. The maximum atomic E-state index is 12.4. The van der Waals surface area contributed by atoms with Gasteiger partial charge < -0.3 is 0 Å². The second-order valence-electron chi connectivity index (χ2n) is 4.53. The highest BCUT2D eigenvalue weighted by molar-refractivity contribution is 7.91. The zero-order valence-electron chi connectivity index (χ0n) is 10.3. The van der Waals surface area contributed by atoms with Crippen LogP contribution < -0.4 is 0 Å². The van der Waals surface area contributed by atoms with Gasteiger partial charge in [-0.2, -0.15) is 4.31 Å². The standard InChI is InChI=1S/C11H14ClNO4S2/c1-18(14,15)9-6-7-13(8-9)19(16,17)11-5-3-2-4-10(11)12/h2-5,9H,6-8H2,1H3. The Morgan fingerprint density at radius 1 is 1.21 bits per heavy atom.